The molecule has 5 fully saturated rings. The van der Waals surface area contributed by atoms with Crippen molar-refractivity contribution in [2.45, 2.75) is 104 Å². The molecule has 6 nitrogen and oxygen atoms in total. The molecule has 0 aromatic heterocycles. The van der Waals surface area contributed by atoms with Crippen molar-refractivity contribution in [3.63, 3.8) is 0 Å². The number of carboxylic acid groups (broad SMARTS) is 1. The van der Waals surface area contributed by atoms with E-state index in [1.807, 2.05) is 6.07 Å². The monoisotopic (exact) mass is 708 g/mol. The summed E-state index contributed by atoms with van der Waals surface area (Å²) in [5, 5.41) is 13.6. The van der Waals surface area contributed by atoms with Crippen LogP contribution in [0, 0.1) is 57.6 Å². The quantitative estimate of drug-likeness (QED) is 0.278. The van der Waals surface area contributed by atoms with Crippen molar-refractivity contribution in [1.82, 2.24) is 10.2 Å². The summed E-state index contributed by atoms with van der Waals surface area (Å²) in [6, 6.07) is 4.69. The molecule has 1 aliphatic heterocycles. The van der Waals surface area contributed by atoms with Gasteiger partial charge in [-0.3, -0.25) is 0 Å². The summed E-state index contributed by atoms with van der Waals surface area (Å²) in [6.45, 7) is 19.9. The van der Waals surface area contributed by atoms with Crippen molar-refractivity contribution in [3.8, 4) is 0 Å². The van der Waals surface area contributed by atoms with Crippen LogP contribution in [0.2, 0.25) is 0 Å². The van der Waals surface area contributed by atoms with Crippen molar-refractivity contribution >= 4 is 21.4 Å². The van der Waals surface area contributed by atoms with Crippen LogP contribution in [-0.4, -0.2) is 67.6 Å². The normalized spacial score (nSPS) is 40.7. The molecule has 2 N–H and O–H groups in total. The zero-order chi connectivity index (χ0) is 35.9. The number of benzene rings is 1. The average Bonchev–Trinajstić information content (AvgIpc) is 3.35. The van der Waals surface area contributed by atoms with Crippen LogP contribution in [0.4, 0.5) is 4.39 Å². The SMILES string of the molecule is C=C(C)[C@@H]1CC[C@]2(NCCN3CCS(=O)(=O)CC3)CC[C@]3(C)[C@H](CC[C@H]4[C@@H]3CCC[C@H]3C(C)(C)C(c5ccc(C(=O)O)c(F)c5)=CC[C@]43C)[C@@H]12. The van der Waals surface area contributed by atoms with Crippen molar-refractivity contribution in [1.29, 1.82) is 0 Å². The molecule has 0 bridgehead atoms. The van der Waals surface area contributed by atoms with E-state index in [2.05, 4.69) is 57.5 Å². The van der Waals surface area contributed by atoms with E-state index in [1.54, 1.807) is 0 Å². The second-order valence-corrected chi connectivity index (χ2v) is 20.8. The maximum atomic E-state index is 14.9. The molecule has 50 heavy (non-hydrogen) atoms. The zero-order valence-electron chi connectivity index (χ0n) is 31.2. The molecule has 7 rings (SSSR count). The Morgan fingerprint density at radius 2 is 1.68 bits per heavy atom. The highest BCUT2D eigenvalue weighted by Crippen LogP contribution is 2.71. The van der Waals surface area contributed by atoms with Crippen molar-refractivity contribution in [2.24, 2.45) is 51.8 Å². The first-order chi connectivity index (χ1) is 23.5. The first-order valence-electron chi connectivity index (χ1n) is 19.6. The summed E-state index contributed by atoms with van der Waals surface area (Å²) in [5.74, 6) is 2.27. The third kappa shape index (κ3) is 5.86. The van der Waals surface area contributed by atoms with E-state index >= 15 is 0 Å². The van der Waals surface area contributed by atoms with Gasteiger partial charge in [0.05, 0.1) is 17.1 Å². The predicted octanol–water partition coefficient (Wildman–Crippen LogP) is 8.25. The molecule has 1 heterocycles. The molecule has 276 valence electrons. The third-order valence-electron chi connectivity index (χ3n) is 15.9. The molecule has 0 spiro atoms. The number of nitrogens with zero attached hydrogens (tertiary/aromatic N) is 1. The molecular weight excluding hydrogens is 648 g/mol. The molecule has 0 unspecified atom stereocenters. The van der Waals surface area contributed by atoms with E-state index in [-0.39, 0.29) is 38.9 Å². The summed E-state index contributed by atoms with van der Waals surface area (Å²) in [6.07, 6.45) is 14.5. The lowest BCUT2D eigenvalue weighted by Crippen LogP contribution is -2.63. The molecule has 6 aliphatic rings. The van der Waals surface area contributed by atoms with Crippen molar-refractivity contribution in [2.75, 3.05) is 37.7 Å². The first kappa shape index (κ1) is 36.3. The van der Waals surface area contributed by atoms with Gasteiger partial charge in [0.15, 0.2) is 9.84 Å². The zero-order valence-corrected chi connectivity index (χ0v) is 32.0. The maximum absolute atomic E-state index is 14.9. The van der Waals surface area contributed by atoms with Crippen molar-refractivity contribution in [3.05, 3.63) is 53.4 Å². The molecule has 1 aromatic carbocycles. The van der Waals surface area contributed by atoms with Gasteiger partial charge in [0, 0.05) is 31.7 Å². The standard InChI is InChI=1S/C42H61FN2O4S/c1-27(2)29-14-17-42(44-20-21-45-22-24-50(48,49)25-23-45)19-18-40(5)32-8-7-9-36-39(3,4)31(28-10-11-30(38(46)47)35(43)26-28)15-16-41(36,6)33(32)12-13-34(40)37(29)42/h10-11,15,26,29,32-34,36-37,44H,1,7-9,12-14,16-25H2,2-6H3,(H,46,47)/t29-,32-,33-,34+,36-,37+,40-,41+,42-/m0/s1. The summed E-state index contributed by atoms with van der Waals surface area (Å²) in [4.78, 5) is 13.9. The van der Waals surface area contributed by atoms with Crippen LogP contribution < -0.4 is 5.32 Å². The average molecular weight is 709 g/mol. The number of aromatic carboxylic acids is 1. The number of hydrogen-bond acceptors (Lipinski definition) is 5. The lowest BCUT2D eigenvalue weighted by molar-refractivity contribution is -0.135. The van der Waals surface area contributed by atoms with Gasteiger partial charge in [0.1, 0.15) is 5.82 Å². The Labute approximate surface area is 300 Å². The van der Waals surface area contributed by atoms with Crippen LogP contribution >= 0.6 is 0 Å². The molecule has 0 radical (unpaired) electrons. The molecule has 1 saturated heterocycles. The minimum atomic E-state index is -2.87. The molecule has 4 saturated carbocycles. The highest BCUT2D eigenvalue weighted by Gasteiger charge is 2.65. The largest absolute Gasteiger partial charge is 0.478 e. The van der Waals surface area contributed by atoms with Gasteiger partial charge in [-0.1, -0.05) is 58.4 Å². The van der Waals surface area contributed by atoms with E-state index in [4.69, 9.17) is 0 Å². The number of carboxylic acids is 1. The Bertz CT molecular complexity index is 1660. The van der Waals surface area contributed by atoms with E-state index in [1.165, 1.54) is 81.1 Å². The number of allylic oxidation sites excluding steroid dienone is 3. The Morgan fingerprint density at radius 1 is 0.980 bits per heavy atom. The Hall–Kier alpha value is -2.03. The second-order valence-electron chi connectivity index (χ2n) is 18.5. The minimum absolute atomic E-state index is 0.135. The van der Waals surface area contributed by atoms with Gasteiger partial charge in [-0.25, -0.2) is 17.6 Å². The first-order valence-corrected chi connectivity index (χ1v) is 21.4. The highest BCUT2D eigenvalue weighted by atomic mass is 32.2. The van der Waals surface area contributed by atoms with Gasteiger partial charge in [-0.05, 0) is 140 Å². The number of hydrogen-bond donors (Lipinski definition) is 2. The van der Waals surface area contributed by atoms with Crippen LogP contribution in [0.1, 0.15) is 115 Å². The number of nitrogens with one attached hydrogen (secondary N) is 1. The molecular formula is C42H61FN2O4S. The molecule has 9 atom stereocenters. The van der Waals surface area contributed by atoms with E-state index in [9.17, 15) is 22.7 Å². The smallest absolute Gasteiger partial charge is 0.338 e. The van der Waals surface area contributed by atoms with Gasteiger partial charge in [-0.15, -0.1) is 0 Å². The molecule has 0 amide bonds. The maximum Gasteiger partial charge on any atom is 0.338 e. The fourth-order valence-corrected chi connectivity index (χ4v) is 14.8. The summed E-state index contributed by atoms with van der Waals surface area (Å²) in [7, 11) is -2.87. The van der Waals surface area contributed by atoms with Gasteiger partial charge < -0.3 is 15.3 Å². The third-order valence-corrected chi connectivity index (χ3v) is 17.5. The predicted molar refractivity (Wildman–Crippen MR) is 199 cm³/mol. The number of sulfone groups is 1. The van der Waals surface area contributed by atoms with Gasteiger partial charge in [0.2, 0.25) is 0 Å². The van der Waals surface area contributed by atoms with Crippen LogP contribution in [0.25, 0.3) is 5.57 Å². The molecule has 8 heteroatoms. The number of fused-ring (bicyclic) bond motifs is 7. The summed E-state index contributed by atoms with van der Waals surface area (Å²) >= 11 is 0. The summed E-state index contributed by atoms with van der Waals surface area (Å²) < 4.78 is 39.0. The van der Waals surface area contributed by atoms with Crippen LogP contribution in [0.3, 0.4) is 0 Å². The second kappa shape index (κ2) is 12.8. The Kier molecular flexibility index (Phi) is 9.32. The Morgan fingerprint density at radius 3 is 2.36 bits per heavy atom. The van der Waals surface area contributed by atoms with Gasteiger partial charge in [-0.2, -0.15) is 0 Å². The fraction of sp³-hybridized carbons (Fsp3) is 0.738. The van der Waals surface area contributed by atoms with Gasteiger partial charge >= 0.3 is 5.97 Å². The topological polar surface area (TPSA) is 86.7 Å². The van der Waals surface area contributed by atoms with E-state index in [0.29, 0.717) is 48.6 Å². The lowest BCUT2D eigenvalue weighted by Gasteiger charge is -2.65. The Balaban J connectivity index is 1.14. The lowest BCUT2D eigenvalue weighted by atomic mass is 9.41. The van der Waals surface area contributed by atoms with Crippen molar-refractivity contribution < 1.29 is 22.7 Å². The highest BCUT2D eigenvalue weighted by molar-refractivity contribution is 7.91. The van der Waals surface area contributed by atoms with E-state index < -0.39 is 21.6 Å². The number of halogens is 1. The fourth-order valence-electron chi connectivity index (χ4n) is 13.5. The number of rotatable bonds is 7. The van der Waals surface area contributed by atoms with E-state index in [0.717, 1.165) is 25.1 Å². The van der Waals surface area contributed by atoms with Crippen LogP contribution in [0.15, 0.2) is 36.4 Å². The van der Waals surface area contributed by atoms with Crippen LogP contribution in [0.5, 0.6) is 0 Å². The molecule has 1 aromatic rings. The number of carbonyl (C=O) groups is 1. The van der Waals surface area contributed by atoms with Gasteiger partial charge in [0.25, 0.3) is 0 Å². The van der Waals surface area contributed by atoms with Crippen LogP contribution in [-0.2, 0) is 9.84 Å². The minimum Gasteiger partial charge on any atom is -0.478 e. The summed E-state index contributed by atoms with van der Waals surface area (Å²) in [5.41, 5.74) is 3.48. The molecule has 5 aliphatic carbocycles.